The number of nitrogens with zero attached hydrogens (tertiary/aromatic N) is 7. The maximum absolute atomic E-state index is 12.8. The first-order valence-electron chi connectivity index (χ1n) is 20.2. The molecule has 30 heteroatoms. The van der Waals surface area contributed by atoms with Gasteiger partial charge in [-0.15, -0.1) is 20.5 Å². The third-order valence-electron chi connectivity index (χ3n) is 10.3. The van der Waals surface area contributed by atoms with Crippen molar-refractivity contribution >= 4 is 120 Å². The van der Waals surface area contributed by atoms with Gasteiger partial charge in [-0.05, 0) is 84.9 Å². The number of nitrogens with one attached hydrogen (secondary N) is 3. The highest BCUT2D eigenvalue weighted by molar-refractivity contribution is 7.86. The molecule has 376 valence electrons. The molecular formula is C43H34N10O16S4. The van der Waals surface area contributed by atoms with Crippen molar-refractivity contribution in [2.45, 2.75) is 19.6 Å². The Morgan fingerprint density at radius 2 is 0.753 bits per heavy atom. The SMILES string of the molecule is COc1ccc(N=Nc2cc(S(=O)(=O)O)c3cc(Nc4nc(Nc5ccccc5)nc(Nc5ccc6c(O)c(N=Nc7ccc(OC)cc7S(=O)(=O)O)cc(S(=O)(=O)O)c6c5)n4)ccc3c2O)c(S(=O)(=O)O)c1. The molecule has 73 heavy (non-hydrogen) atoms. The Bertz CT molecular complexity index is 3840. The van der Waals surface area contributed by atoms with Crippen molar-refractivity contribution in [2.24, 2.45) is 20.5 Å². The number of fused-ring (bicyclic) bond motifs is 2. The van der Waals surface area contributed by atoms with Crippen molar-refractivity contribution in [3.05, 3.63) is 115 Å². The number of azo groups is 2. The molecule has 0 bridgehead atoms. The zero-order valence-electron chi connectivity index (χ0n) is 37.0. The summed E-state index contributed by atoms with van der Waals surface area (Å²) in [5.74, 6) is -1.68. The fraction of sp³-hybridized carbons (Fsp3) is 0.0465. The number of aromatic hydroxyl groups is 2. The highest BCUT2D eigenvalue weighted by Crippen LogP contribution is 2.44. The van der Waals surface area contributed by atoms with Gasteiger partial charge >= 0.3 is 0 Å². The van der Waals surface area contributed by atoms with Crippen LogP contribution in [0.4, 0.5) is 57.7 Å². The minimum absolute atomic E-state index is 0.0453. The Morgan fingerprint density at radius 3 is 1.11 bits per heavy atom. The third kappa shape index (κ3) is 11.3. The summed E-state index contributed by atoms with van der Waals surface area (Å²) in [5, 5.41) is 45.7. The fourth-order valence-electron chi connectivity index (χ4n) is 6.95. The molecule has 0 aliphatic heterocycles. The van der Waals surface area contributed by atoms with Crippen LogP contribution in [-0.2, 0) is 40.5 Å². The standard InChI is InChI=1S/C43H34N10O16S4/c1-68-25-10-14-31(37(18-25)72(62,63)64)50-52-33-20-35(70(56,57)58)29-16-23(8-12-27(29)39(33)54)45-42-47-41(44-22-6-4-3-5-7-22)48-43(49-42)46-24-9-13-28-30(17-24)36(71(59,60)61)21-34(40(28)55)53-51-32-15-11-26(69-2)19-38(32)73(65,66)67/h3-21,54-55H,1-2H3,(H,56,57,58)(H,59,60,61)(H,62,63,64)(H,65,66,67)(H3,44,45,46,47,48,49). The summed E-state index contributed by atoms with van der Waals surface area (Å²) < 4.78 is 150. The summed E-state index contributed by atoms with van der Waals surface area (Å²) in [4.78, 5) is 10.2. The van der Waals surface area contributed by atoms with E-state index in [0.29, 0.717) is 5.69 Å². The quantitative estimate of drug-likeness (QED) is 0.0322. The molecule has 0 saturated heterocycles. The molecule has 26 nitrogen and oxygen atoms in total. The first-order chi connectivity index (χ1) is 34.4. The van der Waals surface area contributed by atoms with E-state index in [-0.39, 0.29) is 62.3 Å². The average molecular weight is 1080 g/mol. The predicted octanol–water partition coefficient (Wildman–Crippen LogP) is 8.65. The average Bonchev–Trinajstić information content (AvgIpc) is 3.32. The van der Waals surface area contributed by atoms with Crippen molar-refractivity contribution in [3.63, 3.8) is 0 Å². The maximum atomic E-state index is 12.8. The number of hydrogen-bond acceptors (Lipinski definition) is 22. The lowest BCUT2D eigenvalue weighted by atomic mass is 10.1. The minimum Gasteiger partial charge on any atom is -0.505 e. The maximum Gasteiger partial charge on any atom is 0.296 e. The van der Waals surface area contributed by atoms with E-state index in [0.717, 1.165) is 36.4 Å². The van der Waals surface area contributed by atoms with Gasteiger partial charge in [0.2, 0.25) is 17.8 Å². The van der Waals surface area contributed by atoms with Crippen LogP contribution in [0.25, 0.3) is 21.5 Å². The summed E-state index contributed by atoms with van der Waals surface area (Å²) in [6.07, 6.45) is 0. The molecule has 0 radical (unpaired) electrons. The number of methoxy groups -OCH3 is 2. The van der Waals surface area contributed by atoms with E-state index < -0.39 is 94.3 Å². The summed E-state index contributed by atoms with van der Waals surface area (Å²) in [5.41, 5.74) is -1.19. The normalized spacial score (nSPS) is 12.4. The molecule has 0 atom stereocenters. The fourth-order valence-corrected chi connectivity index (χ4v) is 9.64. The van der Waals surface area contributed by atoms with Crippen LogP contribution in [0.2, 0.25) is 0 Å². The van der Waals surface area contributed by atoms with E-state index in [2.05, 4.69) is 51.4 Å². The van der Waals surface area contributed by atoms with Crippen molar-refractivity contribution in [2.75, 3.05) is 30.2 Å². The number of rotatable bonds is 16. The van der Waals surface area contributed by atoms with E-state index in [9.17, 15) is 62.1 Å². The first kappa shape index (κ1) is 50.9. The van der Waals surface area contributed by atoms with Gasteiger partial charge in [0.05, 0.1) is 14.2 Å². The molecule has 1 aromatic heterocycles. The van der Waals surface area contributed by atoms with E-state index in [1.807, 2.05) is 0 Å². The van der Waals surface area contributed by atoms with Gasteiger partial charge < -0.3 is 35.6 Å². The molecule has 0 fully saturated rings. The van der Waals surface area contributed by atoms with Gasteiger partial charge in [0.25, 0.3) is 40.5 Å². The Hall–Kier alpha value is -8.49. The lowest BCUT2D eigenvalue weighted by Crippen LogP contribution is -2.07. The van der Waals surface area contributed by atoms with Crippen LogP contribution in [0.1, 0.15) is 0 Å². The second kappa shape index (κ2) is 19.6. The van der Waals surface area contributed by atoms with Crippen LogP contribution < -0.4 is 25.4 Å². The molecule has 0 aliphatic rings. The van der Waals surface area contributed by atoms with Crippen LogP contribution in [0, 0.1) is 0 Å². The zero-order valence-corrected chi connectivity index (χ0v) is 40.3. The number of phenolic OH excluding ortho intramolecular Hbond substituents is 2. The van der Waals surface area contributed by atoms with Crippen LogP contribution >= 0.6 is 0 Å². The van der Waals surface area contributed by atoms with E-state index >= 15 is 0 Å². The predicted molar refractivity (Wildman–Crippen MR) is 261 cm³/mol. The van der Waals surface area contributed by atoms with Crippen molar-refractivity contribution in [1.29, 1.82) is 0 Å². The lowest BCUT2D eigenvalue weighted by Gasteiger charge is -2.14. The molecule has 0 spiro atoms. The molecule has 0 unspecified atom stereocenters. The van der Waals surface area contributed by atoms with E-state index in [4.69, 9.17) is 9.47 Å². The van der Waals surface area contributed by atoms with E-state index in [1.54, 1.807) is 30.3 Å². The third-order valence-corrected chi connectivity index (χ3v) is 13.8. The molecule has 8 rings (SSSR count). The Balaban J connectivity index is 1.16. The van der Waals surface area contributed by atoms with Crippen molar-refractivity contribution < 1.29 is 71.6 Å². The number of ether oxygens (including phenoxy) is 2. The molecule has 9 N–H and O–H groups in total. The van der Waals surface area contributed by atoms with E-state index in [1.165, 1.54) is 62.8 Å². The zero-order chi connectivity index (χ0) is 52.6. The molecule has 0 saturated carbocycles. The second-order valence-corrected chi connectivity index (χ2v) is 20.6. The van der Waals surface area contributed by atoms with Crippen LogP contribution in [0.15, 0.2) is 155 Å². The second-order valence-electron chi connectivity index (χ2n) is 15.0. The first-order valence-corrected chi connectivity index (χ1v) is 26.0. The smallest absolute Gasteiger partial charge is 0.296 e. The number of phenols is 2. The monoisotopic (exact) mass is 1070 g/mol. The van der Waals surface area contributed by atoms with Crippen LogP contribution in [0.3, 0.4) is 0 Å². The number of aromatic nitrogens is 3. The summed E-state index contributed by atoms with van der Waals surface area (Å²) in [6.45, 7) is 0. The Kier molecular flexibility index (Phi) is 13.7. The van der Waals surface area contributed by atoms with Crippen LogP contribution in [-0.4, -0.2) is 91.3 Å². The molecule has 0 aliphatic carbocycles. The minimum atomic E-state index is -5.09. The Morgan fingerprint density at radius 1 is 0.397 bits per heavy atom. The van der Waals surface area contributed by atoms with Crippen molar-refractivity contribution in [1.82, 2.24) is 15.0 Å². The van der Waals surface area contributed by atoms with Crippen molar-refractivity contribution in [3.8, 4) is 23.0 Å². The summed E-state index contributed by atoms with van der Waals surface area (Å²) in [7, 11) is -17.4. The topological polar surface area (TPSA) is 401 Å². The van der Waals surface area contributed by atoms with Gasteiger partial charge in [0.1, 0.15) is 53.8 Å². The summed E-state index contributed by atoms with van der Waals surface area (Å²) in [6, 6.07) is 24.6. The van der Waals surface area contributed by atoms with Gasteiger partial charge in [0.15, 0.2) is 11.5 Å². The number of anilines is 6. The largest absolute Gasteiger partial charge is 0.505 e. The number of hydrogen-bond donors (Lipinski definition) is 9. The molecule has 7 aromatic carbocycles. The van der Waals surface area contributed by atoms with Crippen LogP contribution in [0.5, 0.6) is 23.0 Å². The van der Waals surface area contributed by atoms with Gasteiger partial charge in [0, 0.05) is 50.7 Å². The number of benzene rings is 7. The Labute approximate surface area is 412 Å². The highest BCUT2D eigenvalue weighted by Gasteiger charge is 2.24. The van der Waals surface area contributed by atoms with Gasteiger partial charge in [-0.1, -0.05) is 18.2 Å². The molecule has 8 aromatic rings. The summed E-state index contributed by atoms with van der Waals surface area (Å²) >= 11 is 0. The molecule has 1 heterocycles. The van der Waals surface area contributed by atoms with Gasteiger partial charge in [-0.25, -0.2) is 0 Å². The molecule has 0 amide bonds. The van der Waals surface area contributed by atoms with Gasteiger partial charge in [-0.3, -0.25) is 18.2 Å². The molecular weight excluding hydrogens is 1040 g/mol. The van der Waals surface area contributed by atoms with Gasteiger partial charge in [-0.2, -0.15) is 48.6 Å². The number of para-hydroxylation sites is 1. The lowest BCUT2D eigenvalue weighted by molar-refractivity contribution is 0.412. The highest BCUT2D eigenvalue weighted by atomic mass is 32.2.